The van der Waals surface area contributed by atoms with Gasteiger partial charge in [0, 0.05) is 26.5 Å². The highest BCUT2D eigenvalue weighted by molar-refractivity contribution is 7.91. The van der Waals surface area contributed by atoms with Crippen LogP contribution in [0.5, 0.6) is 23.0 Å². The standard InChI is InChI=1S/2C23H25FN6O5S/c2*1-14(22(31)16-9-8-15(24)12-25-16)36(32,33)13-20-26-27-23(17-10-11-29(2)28-17)30(20)21-18(34-3)6-5-7-19(21)35-4/h2*5-12,14,22,31H,13H2,1-4H3/t2*14-,22-/m10/s1. The van der Waals surface area contributed by atoms with Gasteiger partial charge in [0.05, 0.1) is 62.7 Å². The van der Waals surface area contributed by atoms with Crippen molar-refractivity contribution in [3.05, 3.63) is 132 Å². The number of hydrogen-bond donors (Lipinski definition) is 2. The van der Waals surface area contributed by atoms with Gasteiger partial charge in [0.1, 0.15) is 81.1 Å². The molecule has 0 saturated heterocycles. The summed E-state index contributed by atoms with van der Waals surface area (Å²) in [7, 11) is 1.37. The Labute approximate surface area is 412 Å². The molecule has 0 aliphatic rings. The Morgan fingerprint density at radius 3 is 1.17 bits per heavy atom. The molecule has 0 bridgehead atoms. The zero-order valence-electron chi connectivity index (χ0n) is 40.1. The molecular formula is C46H50F2N12O10S2. The van der Waals surface area contributed by atoms with E-state index in [4.69, 9.17) is 18.9 Å². The summed E-state index contributed by atoms with van der Waals surface area (Å²) in [6, 6.07) is 18.4. The molecule has 6 aromatic heterocycles. The highest BCUT2D eigenvalue weighted by Crippen LogP contribution is 2.39. The summed E-state index contributed by atoms with van der Waals surface area (Å²) in [5.41, 5.74) is 1.76. The van der Waals surface area contributed by atoms with Crippen molar-refractivity contribution in [3.63, 3.8) is 0 Å². The van der Waals surface area contributed by atoms with E-state index in [1.807, 2.05) is 0 Å². The average Bonchev–Trinajstić information content (AvgIpc) is 4.20. The summed E-state index contributed by atoms with van der Waals surface area (Å²) in [5, 5.41) is 44.3. The summed E-state index contributed by atoms with van der Waals surface area (Å²) < 4.78 is 108. The number of methoxy groups -OCH3 is 4. The van der Waals surface area contributed by atoms with Gasteiger partial charge < -0.3 is 29.2 Å². The van der Waals surface area contributed by atoms with Crippen LogP contribution in [-0.4, -0.2) is 125 Å². The number of nitrogens with zero attached hydrogens (tertiary/aromatic N) is 12. The van der Waals surface area contributed by atoms with E-state index >= 15 is 0 Å². The van der Waals surface area contributed by atoms with Crippen LogP contribution in [-0.2, 0) is 45.3 Å². The highest BCUT2D eigenvalue weighted by atomic mass is 32.2. The summed E-state index contributed by atoms with van der Waals surface area (Å²) >= 11 is 0. The van der Waals surface area contributed by atoms with Crippen LogP contribution in [0.3, 0.4) is 0 Å². The molecule has 26 heteroatoms. The Kier molecular flexibility index (Phi) is 15.8. The third kappa shape index (κ3) is 10.9. The molecule has 6 heterocycles. The first-order chi connectivity index (χ1) is 34.3. The lowest BCUT2D eigenvalue weighted by atomic mass is 10.2. The minimum absolute atomic E-state index is 0.0366. The Hall–Kier alpha value is -7.68. The Balaban J connectivity index is 0.000000211. The molecule has 72 heavy (non-hydrogen) atoms. The number of aliphatic hydroxyl groups is 2. The smallest absolute Gasteiger partial charge is 0.189 e. The van der Waals surface area contributed by atoms with E-state index in [0.29, 0.717) is 45.8 Å². The predicted molar refractivity (Wildman–Crippen MR) is 256 cm³/mol. The fourth-order valence-corrected chi connectivity index (χ4v) is 10.1. The van der Waals surface area contributed by atoms with Crippen molar-refractivity contribution in [2.24, 2.45) is 14.1 Å². The SMILES string of the molecule is COc1cccc(OC)c1-n1c(CS(=O)(=O)[C@@H](C)[C@H](O)c2ccc(F)cn2)nnc1-c1ccn(C)n1.COc1cccc(OC)c1-n1c(CS(=O)(=O)[C@H](C)[C@@H](O)c2ccc(F)cn2)nnc1-c1ccn(C)n1. The van der Waals surface area contributed by atoms with Gasteiger partial charge in [-0.3, -0.25) is 28.5 Å². The monoisotopic (exact) mass is 1030 g/mol. The lowest BCUT2D eigenvalue weighted by Gasteiger charge is -2.20. The molecule has 2 N–H and O–H groups in total. The number of hydrogen-bond acceptors (Lipinski definition) is 18. The Bertz CT molecular complexity index is 3120. The molecule has 4 atom stereocenters. The normalized spacial score (nSPS) is 13.4. The molecule has 0 amide bonds. The molecule has 2 aromatic carbocycles. The van der Waals surface area contributed by atoms with Gasteiger partial charge in [0.25, 0.3) is 0 Å². The number of pyridine rings is 2. The first-order valence-corrected chi connectivity index (χ1v) is 25.1. The number of benzene rings is 2. The van der Waals surface area contributed by atoms with E-state index < -0.39 is 65.5 Å². The molecule has 380 valence electrons. The number of sulfone groups is 2. The first-order valence-electron chi connectivity index (χ1n) is 21.7. The molecule has 22 nitrogen and oxygen atoms in total. The number of aliphatic hydroxyl groups excluding tert-OH is 2. The van der Waals surface area contributed by atoms with Gasteiger partial charge in [0.2, 0.25) is 0 Å². The van der Waals surface area contributed by atoms with Gasteiger partial charge in [-0.25, -0.2) is 25.6 Å². The predicted octanol–water partition coefficient (Wildman–Crippen LogP) is 4.51. The molecule has 0 saturated carbocycles. The molecule has 0 radical (unpaired) electrons. The number of rotatable bonds is 18. The summed E-state index contributed by atoms with van der Waals surface area (Å²) in [4.78, 5) is 7.62. The van der Waals surface area contributed by atoms with Crippen LogP contribution < -0.4 is 18.9 Å². The zero-order chi connectivity index (χ0) is 52.1. The van der Waals surface area contributed by atoms with Crippen molar-refractivity contribution in [2.75, 3.05) is 28.4 Å². The van der Waals surface area contributed by atoms with E-state index in [9.17, 15) is 35.8 Å². The number of aryl methyl sites for hydroxylation is 2. The molecule has 0 unspecified atom stereocenters. The van der Waals surface area contributed by atoms with Gasteiger partial charge in [0.15, 0.2) is 43.0 Å². The maximum atomic E-state index is 13.4. The van der Waals surface area contributed by atoms with Gasteiger partial charge in [-0.05, 0) is 74.5 Å². The lowest BCUT2D eigenvalue weighted by Crippen LogP contribution is -2.28. The van der Waals surface area contributed by atoms with Crippen molar-refractivity contribution in [3.8, 4) is 57.4 Å². The first kappa shape index (κ1) is 52.2. The van der Waals surface area contributed by atoms with Crippen LogP contribution in [0.1, 0.15) is 49.1 Å². The van der Waals surface area contributed by atoms with E-state index in [-0.39, 0.29) is 34.7 Å². The van der Waals surface area contributed by atoms with Crippen molar-refractivity contribution in [2.45, 2.75) is 48.1 Å². The van der Waals surface area contributed by atoms with Gasteiger partial charge >= 0.3 is 0 Å². The lowest BCUT2D eigenvalue weighted by molar-refractivity contribution is 0.170. The number of aromatic nitrogens is 12. The highest BCUT2D eigenvalue weighted by Gasteiger charge is 2.36. The van der Waals surface area contributed by atoms with Crippen LogP contribution in [0.25, 0.3) is 34.4 Å². The van der Waals surface area contributed by atoms with E-state index in [0.717, 1.165) is 24.5 Å². The van der Waals surface area contributed by atoms with Crippen molar-refractivity contribution < 1.29 is 54.8 Å². The van der Waals surface area contributed by atoms with Crippen LogP contribution in [0.15, 0.2) is 97.6 Å². The minimum Gasteiger partial charge on any atom is -0.494 e. The molecule has 0 spiro atoms. The quantitative estimate of drug-likeness (QED) is 0.120. The second kappa shape index (κ2) is 21.8. The largest absolute Gasteiger partial charge is 0.494 e. The van der Waals surface area contributed by atoms with Gasteiger partial charge in [-0.1, -0.05) is 12.1 Å². The molecule has 0 aliphatic heterocycles. The Morgan fingerprint density at radius 1 is 0.542 bits per heavy atom. The summed E-state index contributed by atoms with van der Waals surface area (Å²) in [6.45, 7) is 2.71. The number of halogens is 2. The van der Waals surface area contributed by atoms with Crippen LogP contribution >= 0.6 is 0 Å². The fraction of sp³-hybridized carbons (Fsp3) is 0.304. The molecule has 8 rings (SSSR count). The number of ether oxygens (including phenoxy) is 4. The van der Waals surface area contributed by atoms with E-state index in [1.165, 1.54) is 63.6 Å². The average molecular weight is 1030 g/mol. The van der Waals surface area contributed by atoms with Gasteiger partial charge in [-0.2, -0.15) is 10.2 Å². The second-order valence-corrected chi connectivity index (χ2v) is 20.8. The van der Waals surface area contributed by atoms with E-state index in [2.05, 4.69) is 40.6 Å². The van der Waals surface area contributed by atoms with Crippen molar-refractivity contribution >= 4 is 19.7 Å². The van der Waals surface area contributed by atoms with Crippen molar-refractivity contribution in [1.82, 2.24) is 59.1 Å². The van der Waals surface area contributed by atoms with Gasteiger partial charge in [-0.15, -0.1) is 20.4 Å². The molecule has 0 aliphatic carbocycles. The third-order valence-electron chi connectivity index (χ3n) is 11.4. The van der Waals surface area contributed by atoms with E-state index in [1.54, 1.807) is 84.4 Å². The van der Waals surface area contributed by atoms with Crippen LogP contribution in [0.4, 0.5) is 8.78 Å². The maximum absolute atomic E-state index is 13.4. The second-order valence-electron chi connectivity index (χ2n) is 16.0. The molecular weight excluding hydrogens is 983 g/mol. The fourth-order valence-electron chi connectivity index (χ4n) is 7.42. The zero-order valence-corrected chi connectivity index (χ0v) is 41.7. The number of para-hydroxylation sites is 2. The van der Waals surface area contributed by atoms with Crippen LogP contribution in [0, 0.1) is 11.6 Å². The summed E-state index contributed by atoms with van der Waals surface area (Å²) in [6.07, 6.45) is 2.31. The maximum Gasteiger partial charge on any atom is 0.189 e. The molecule has 0 fully saturated rings. The molecule has 8 aromatic rings. The van der Waals surface area contributed by atoms with Crippen LogP contribution in [0.2, 0.25) is 0 Å². The summed E-state index contributed by atoms with van der Waals surface area (Å²) in [5.74, 6) is -0.0850. The topological polar surface area (TPSA) is 268 Å². The minimum atomic E-state index is -4.02. The third-order valence-corrected chi connectivity index (χ3v) is 15.5. The Morgan fingerprint density at radius 2 is 0.889 bits per heavy atom. The van der Waals surface area contributed by atoms with Crippen molar-refractivity contribution in [1.29, 1.82) is 0 Å².